The number of hydrogen-bond acceptors (Lipinski definition) is 8. The lowest BCUT2D eigenvalue weighted by Crippen LogP contribution is -2.44. The summed E-state index contributed by atoms with van der Waals surface area (Å²) in [6, 6.07) is 0. The summed E-state index contributed by atoms with van der Waals surface area (Å²) in [4.78, 5) is 37.2. The second-order valence-electron chi connectivity index (χ2n) is 22.7. The van der Waals surface area contributed by atoms with E-state index in [0.29, 0.717) is 23.9 Å². The maximum atomic E-state index is 12.8. The smallest absolute Gasteiger partial charge is 0.306 e. The third-order valence-corrected chi connectivity index (χ3v) is 14.3. The molecule has 9 nitrogen and oxygen atoms in total. The zero-order valence-electron chi connectivity index (χ0n) is 48.6. The molecule has 0 aromatic carbocycles. The average Bonchev–Trinajstić information content (AvgIpc) is 3.35. The first-order chi connectivity index (χ1) is 35.1. The van der Waals surface area contributed by atoms with Crippen molar-refractivity contribution in [3.8, 4) is 0 Å². The van der Waals surface area contributed by atoms with E-state index < -0.39 is 24.3 Å². The minimum Gasteiger partial charge on any atom is -0.545 e. The summed E-state index contributed by atoms with van der Waals surface area (Å²) in [5, 5.41) is 11.8. The van der Waals surface area contributed by atoms with E-state index in [4.69, 9.17) is 18.9 Å². The van der Waals surface area contributed by atoms with Crippen LogP contribution in [0.1, 0.15) is 316 Å². The van der Waals surface area contributed by atoms with Gasteiger partial charge in [0.25, 0.3) is 0 Å². The number of carbonyl (C=O) groups is 3. The minimum absolute atomic E-state index is 0.150. The number of ether oxygens (including phenoxy) is 4. The van der Waals surface area contributed by atoms with Crippen molar-refractivity contribution in [1.82, 2.24) is 0 Å². The van der Waals surface area contributed by atoms with Gasteiger partial charge in [-0.05, 0) is 38.5 Å². The molecule has 0 fully saturated rings. The first-order valence-corrected chi connectivity index (χ1v) is 31.3. The van der Waals surface area contributed by atoms with Crippen LogP contribution in [0.15, 0.2) is 12.2 Å². The Balaban J connectivity index is 3.98. The monoisotopic (exact) mass is 1020 g/mol. The number of carboxylic acids is 1. The molecule has 0 amide bonds. The van der Waals surface area contributed by atoms with Gasteiger partial charge in [0.05, 0.1) is 40.3 Å². The summed E-state index contributed by atoms with van der Waals surface area (Å²) in [6.45, 7) is 4.78. The summed E-state index contributed by atoms with van der Waals surface area (Å²) in [7, 11) is 5.93. The van der Waals surface area contributed by atoms with Gasteiger partial charge in [0, 0.05) is 12.8 Å². The molecule has 0 saturated heterocycles. The molecule has 9 heteroatoms. The first kappa shape index (κ1) is 70.0. The Labute approximate surface area is 446 Å². The number of esters is 2. The van der Waals surface area contributed by atoms with Crippen LogP contribution in [0, 0.1) is 0 Å². The van der Waals surface area contributed by atoms with Crippen molar-refractivity contribution in [2.45, 2.75) is 328 Å². The molecule has 0 saturated carbocycles. The Hall–Kier alpha value is -1.97. The quantitative estimate of drug-likeness (QED) is 0.0195. The zero-order chi connectivity index (χ0) is 52.7. The maximum absolute atomic E-state index is 12.8. The topological polar surface area (TPSA) is 111 Å². The SMILES string of the molecule is CCCCCCC/C=C\CCCCCCCC(=O)OC(COC(=O)CCCCCCCCCCCCCCCCCCCCCCCCCCCCCCCCCCC)COC(OCC[N+](C)(C)C)C(=O)[O-]. The standard InChI is InChI=1S/C63H121NO8/c1-6-8-10-12-14-16-18-20-22-23-24-25-26-27-28-29-30-31-32-33-34-35-36-37-38-39-40-42-43-45-47-49-51-53-60(65)70-57-59(58-71-63(62(67)68)69-56-55-64(3,4)5)72-61(66)54-52-50-48-46-44-41-21-19-17-15-13-11-9-7-2/h19,21,59,63H,6-18,20,22-58H2,1-5H3/b21-19-. The van der Waals surface area contributed by atoms with Crippen LogP contribution in [0.2, 0.25) is 0 Å². The molecule has 426 valence electrons. The van der Waals surface area contributed by atoms with E-state index in [1.165, 1.54) is 231 Å². The fraction of sp³-hybridized carbons (Fsp3) is 0.921. The number of likely N-dealkylation sites (N-methyl/N-ethyl adjacent to an activating group) is 1. The van der Waals surface area contributed by atoms with Crippen LogP contribution in [-0.4, -0.2) is 82.3 Å². The molecule has 2 unspecified atom stereocenters. The Morgan fingerprint density at radius 3 is 1.03 bits per heavy atom. The van der Waals surface area contributed by atoms with E-state index in [9.17, 15) is 19.5 Å². The molecule has 0 spiro atoms. The Kier molecular flexibility index (Phi) is 53.8. The van der Waals surface area contributed by atoms with Crippen molar-refractivity contribution in [2.75, 3.05) is 47.5 Å². The van der Waals surface area contributed by atoms with E-state index >= 15 is 0 Å². The lowest BCUT2D eigenvalue weighted by molar-refractivity contribution is -0.870. The van der Waals surface area contributed by atoms with Crippen LogP contribution >= 0.6 is 0 Å². The summed E-state index contributed by atoms with van der Waals surface area (Å²) in [5.41, 5.74) is 0. The molecule has 0 aromatic heterocycles. The number of aliphatic carboxylic acids is 1. The number of carbonyl (C=O) groups excluding carboxylic acids is 3. The fourth-order valence-electron chi connectivity index (χ4n) is 9.42. The van der Waals surface area contributed by atoms with Gasteiger partial charge in [-0.2, -0.15) is 0 Å². The maximum Gasteiger partial charge on any atom is 0.306 e. The van der Waals surface area contributed by atoms with Crippen LogP contribution < -0.4 is 5.11 Å². The van der Waals surface area contributed by atoms with E-state index in [0.717, 1.165) is 51.4 Å². The van der Waals surface area contributed by atoms with Gasteiger partial charge in [0.2, 0.25) is 0 Å². The molecule has 0 N–H and O–H groups in total. The molecule has 0 rings (SSSR count). The number of quaternary nitrogens is 1. The molecular weight excluding hydrogens is 899 g/mol. The van der Waals surface area contributed by atoms with Crippen LogP contribution in [0.25, 0.3) is 0 Å². The highest BCUT2D eigenvalue weighted by atomic mass is 16.7. The van der Waals surface area contributed by atoms with Crippen molar-refractivity contribution in [3.63, 3.8) is 0 Å². The van der Waals surface area contributed by atoms with Crippen molar-refractivity contribution in [3.05, 3.63) is 12.2 Å². The number of carboxylic acid groups (broad SMARTS) is 1. The van der Waals surface area contributed by atoms with Crippen LogP contribution in [0.5, 0.6) is 0 Å². The summed E-state index contributed by atoms with van der Waals surface area (Å²) < 4.78 is 22.7. The molecule has 2 atom stereocenters. The molecule has 0 heterocycles. The molecular formula is C63H121NO8. The molecule has 72 heavy (non-hydrogen) atoms. The van der Waals surface area contributed by atoms with Crippen molar-refractivity contribution < 1.29 is 42.9 Å². The molecule has 0 aliphatic heterocycles. The summed E-state index contributed by atoms with van der Waals surface area (Å²) in [6.07, 6.45) is 61.5. The van der Waals surface area contributed by atoms with Crippen LogP contribution in [-0.2, 0) is 33.3 Å². The number of rotatable bonds is 59. The van der Waals surface area contributed by atoms with Gasteiger partial charge in [-0.1, -0.05) is 276 Å². The summed E-state index contributed by atoms with van der Waals surface area (Å²) in [5.74, 6) is -2.27. The van der Waals surface area contributed by atoms with Crippen molar-refractivity contribution >= 4 is 17.9 Å². The number of allylic oxidation sites excluding steroid dienone is 2. The molecule has 0 bridgehead atoms. The average molecular weight is 1020 g/mol. The predicted molar refractivity (Wildman–Crippen MR) is 302 cm³/mol. The highest BCUT2D eigenvalue weighted by Gasteiger charge is 2.22. The van der Waals surface area contributed by atoms with Gasteiger partial charge in [-0.15, -0.1) is 0 Å². The van der Waals surface area contributed by atoms with Gasteiger partial charge in [0.1, 0.15) is 13.2 Å². The molecule has 0 aliphatic rings. The normalized spacial score (nSPS) is 12.7. The minimum atomic E-state index is -1.62. The second kappa shape index (κ2) is 55.3. The van der Waals surface area contributed by atoms with E-state index in [1.54, 1.807) is 0 Å². The lowest BCUT2D eigenvalue weighted by Gasteiger charge is -2.26. The van der Waals surface area contributed by atoms with Gasteiger partial charge in [-0.3, -0.25) is 9.59 Å². The first-order valence-electron chi connectivity index (χ1n) is 31.3. The van der Waals surface area contributed by atoms with Crippen molar-refractivity contribution in [1.29, 1.82) is 0 Å². The fourth-order valence-corrected chi connectivity index (χ4v) is 9.42. The number of nitrogens with zero attached hydrogens (tertiary/aromatic N) is 1. The molecule has 0 radical (unpaired) electrons. The Bertz CT molecular complexity index is 1190. The molecule has 0 aliphatic carbocycles. The Morgan fingerprint density at radius 2 is 0.708 bits per heavy atom. The number of unbranched alkanes of at least 4 members (excludes halogenated alkanes) is 42. The van der Waals surface area contributed by atoms with Gasteiger partial charge >= 0.3 is 11.9 Å². The Morgan fingerprint density at radius 1 is 0.403 bits per heavy atom. The van der Waals surface area contributed by atoms with Crippen LogP contribution in [0.3, 0.4) is 0 Å². The van der Waals surface area contributed by atoms with Gasteiger partial charge in [-0.25, -0.2) is 0 Å². The van der Waals surface area contributed by atoms with Gasteiger partial charge in [0.15, 0.2) is 12.4 Å². The molecule has 0 aromatic rings. The van der Waals surface area contributed by atoms with Crippen molar-refractivity contribution in [2.24, 2.45) is 0 Å². The van der Waals surface area contributed by atoms with E-state index in [-0.39, 0.29) is 32.2 Å². The largest absolute Gasteiger partial charge is 0.545 e. The van der Waals surface area contributed by atoms with E-state index in [2.05, 4.69) is 26.0 Å². The third kappa shape index (κ3) is 55.8. The zero-order valence-corrected chi connectivity index (χ0v) is 48.6. The predicted octanol–water partition coefficient (Wildman–Crippen LogP) is 17.2. The van der Waals surface area contributed by atoms with Gasteiger partial charge < -0.3 is 33.3 Å². The van der Waals surface area contributed by atoms with E-state index in [1.807, 2.05) is 21.1 Å². The lowest BCUT2D eigenvalue weighted by atomic mass is 10.0. The number of hydrogen-bond donors (Lipinski definition) is 0. The third-order valence-electron chi connectivity index (χ3n) is 14.3. The van der Waals surface area contributed by atoms with Crippen LogP contribution in [0.4, 0.5) is 0 Å². The summed E-state index contributed by atoms with van der Waals surface area (Å²) >= 11 is 0. The second-order valence-corrected chi connectivity index (χ2v) is 22.7. The highest BCUT2D eigenvalue weighted by Crippen LogP contribution is 2.18. The highest BCUT2D eigenvalue weighted by molar-refractivity contribution is 5.70.